The second kappa shape index (κ2) is 7.84. The van der Waals surface area contributed by atoms with Gasteiger partial charge in [-0.15, -0.1) is 0 Å². The van der Waals surface area contributed by atoms with E-state index in [2.05, 4.69) is 14.8 Å². The summed E-state index contributed by atoms with van der Waals surface area (Å²) in [4.78, 5) is 4.38. The monoisotopic (exact) mass is 415 g/mol. The molecule has 0 atom stereocenters. The van der Waals surface area contributed by atoms with Crippen LogP contribution in [0.1, 0.15) is 24.6 Å². The molecule has 0 N–H and O–H groups in total. The molecule has 0 spiro atoms. The number of aromatic nitrogens is 3. The average molecular weight is 415 g/mol. The second-order valence-corrected chi connectivity index (χ2v) is 6.30. The molecule has 5 nitrogen and oxygen atoms in total. The summed E-state index contributed by atoms with van der Waals surface area (Å²) < 4.78 is 77.1. The van der Waals surface area contributed by atoms with Crippen molar-refractivity contribution in [2.75, 3.05) is 7.11 Å². The second-order valence-electron chi connectivity index (χ2n) is 6.30. The van der Waals surface area contributed by atoms with E-state index in [0.717, 1.165) is 6.07 Å². The molecule has 0 aliphatic heterocycles. The smallest absolute Gasteiger partial charge is 0.417 e. The highest BCUT2D eigenvalue weighted by molar-refractivity contribution is 5.86. The Balaban J connectivity index is 2.23. The van der Waals surface area contributed by atoms with Gasteiger partial charge in [0.15, 0.2) is 17.1 Å². The number of hydrogen-bond acceptors (Lipinski definition) is 4. The number of pyridine rings is 1. The van der Waals surface area contributed by atoms with Gasteiger partial charge in [-0.1, -0.05) is 6.92 Å². The minimum absolute atomic E-state index is 0.0176. The van der Waals surface area contributed by atoms with Crippen LogP contribution in [-0.4, -0.2) is 28.5 Å². The fourth-order valence-electron chi connectivity index (χ4n) is 3.11. The number of hydrogen-bond donors (Lipinski definition) is 0. The maximum absolute atomic E-state index is 13.7. The first-order chi connectivity index (χ1) is 13.7. The van der Waals surface area contributed by atoms with Crippen LogP contribution in [0.25, 0.3) is 22.3 Å². The van der Waals surface area contributed by atoms with E-state index in [4.69, 9.17) is 4.74 Å². The third-order valence-electron chi connectivity index (χ3n) is 4.29. The van der Waals surface area contributed by atoms with Crippen molar-refractivity contribution in [3.63, 3.8) is 0 Å². The lowest BCUT2D eigenvalue weighted by molar-refractivity contribution is -0.136. The molecule has 0 amide bonds. The highest BCUT2D eigenvalue weighted by Gasteiger charge is 2.35. The molecule has 0 fully saturated rings. The predicted octanol–water partition coefficient (Wildman–Crippen LogP) is 5.45. The van der Waals surface area contributed by atoms with Crippen molar-refractivity contribution in [3.05, 3.63) is 35.5 Å². The Morgan fingerprint density at radius 3 is 2.45 bits per heavy atom. The van der Waals surface area contributed by atoms with E-state index < -0.39 is 18.4 Å². The van der Waals surface area contributed by atoms with Gasteiger partial charge in [-0.2, -0.15) is 27.1 Å². The Morgan fingerprint density at radius 2 is 1.86 bits per heavy atom. The summed E-state index contributed by atoms with van der Waals surface area (Å²) in [6.07, 6.45) is -3.96. The molecule has 0 saturated heterocycles. The van der Waals surface area contributed by atoms with Gasteiger partial charge in [0.25, 0.3) is 0 Å². The SMILES string of the molecule is CCCn1nc(C)c2c(C(F)(F)F)cc(-c3ccc(OC(F)F)c(OC)c3)nc21. The average Bonchev–Trinajstić information content (AvgIpc) is 2.96. The van der Waals surface area contributed by atoms with Gasteiger partial charge in [0, 0.05) is 12.1 Å². The lowest BCUT2D eigenvalue weighted by Crippen LogP contribution is -2.08. The highest BCUT2D eigenvalue weighted by Crippen LogP contribution is 2.39. The molecule has 0 bridgehead atoms. The molecule has 0 radical (unpaired) electrons. The van der Waals surface area contributed by atoms with E-state index in [-0.39, 0.29) is 39.5 Å². The zero-order valence-corrected chi connectivity index (χ0v) is 15.8. The van der Waals surface area contributed by atoms with Gasteiger partial charge < -0.3 is 9.47 Å². The molecular formula is C19H18F5N3O2. The van der Waals surface area contributed by atoms with Crippen molar-refractivity contribution >= 4 is 11.0 Å². The first-order valence-corrected chi connectivity index (χ1v) is 8.74. The number of aryl methyl sites for hydroxylation is 2. The molecule has 156 valence electrons. The van der Waals surface area contributed by atoms with Crippen LogP contribution in [0.3, 0.4) is 0 Å². The Hall–Kier alpha value is -2.91. The third kappa shape index (κ3) is 4.10. The Labute approximate surface area is 163 Å². The van der Waals surface area contributed by atoms with Crippen LogP contribution >= 0.6 is 0 Å². The van der Waals surface area contributed by atoms with Crippen LogP contribution < -0.4 is 9.47 Å². The molecule has 29 heavy (non-hydrogen) atoms. The standard InChI is InChI=1S/C19H18F5N3O2/c1-4-7-27-17-16(10(2)26-27)12(19(22,23)24)9-13(25-17)11-5-6-14(29-18(20)21)15(8-11)28-3/h5-6,8-9,18H,4,7H2,1-3H3. The summed E-state index contributed by atoms with van der Waals surface area (Å²) in [5.74, 6) is -0.272. The first kappa shape index (κ1) is 20.8. The van der Waals surface area contributed by atoms with Crippen molar-refractivity contribution in [1.82, 2.24) is 14.8 Å². The Morgan fingerprint density at radius 1 is 1.14 bits per heavy atom. The van der Waals surface area contributed by atoms with Crippen molar-refractivity contribution < 1.29 is 31.4 Å². The number of ether oxygens (including phenoxy) is 2. The van der Waals surface area contributed by atoms with Gasteiger partial charge in [0.1, 0.15) is 0 Å². The number of rotatable bonds is 6. The molecule has 10 heteroatoms. The molecule has 3 rings (SSSR count). The molecule has 0 aliphatic rings. The third-order valence-corrected chi connectivity index (χ3v) is 4.29. The van der Waals surface area contributed by atoms with E-state index in [1.807, 2.05) is 6.92 Å². The van der Waals surface area contributed by atoms with Gasteiger partial charge in [-0.25, -0.2) is 9.67 Å². The molecular weight excluding hydrogens is 397 g/mol. The van der Waals surface area contributed by atoms with Gasteiger partial charge in [-0.05, 0) is 37.6 Å². The van der Waals surface area contributed by atoms with Crippen LogP contribution in [-0.2, 0) is 12.7 Å². The summed E-state index contributed by atoms with van der Waals surface area (Å²) in [5.41, 5.74) is -0.231. The largest absolute Gasteiger partial charge is 0.493 e. The number of nitrogens with zero attached hydrogens (tertiary/aromatic N) is 3. The van der Waals surface area contributed by atoms with Crippen LogP contribution in [0.5, 0.6) is 11.5 Å². The first-order valence-electron chi connectivity index (χ1n) is 8.74. The number of halogens is 5. The van der Waals surface area contributed by atoms with Gasteiger partial charge in [-0.3, -0.25) is 0 Å². The molecule has 2 heterocycles. The molecule has 1 aromatic carbocycles. The minimum Gasteiger partial charge on any atom is -0.493 e. The summed E-state index contributed by atoms with van der Waals surface area (Å²) in [7, 11) is 1.24. The van der Waals surface area contributed by atoms with E-state index in [0.29, 0.717) is 13.0 Å². The fraction of sp³-hybridized carbons (Fsp3) is 0.368. The van der Waals surface area contributed by atoms with Crippen LogP contribution in [0.2, 0.25) is 0 Å². The van der Waals surface area contributed by atoms with E-state index in [9.17, 15) is 22.0 Å². The summed E-state index contributed by atoms with van der Waals surface area (Å²) in [6, 6.07) is 4.78. The molecule has 0 unspecified atom stereocenters. The number of fused-ring (bicyclic) bond motifs is 1. The minimum atomic E-state index is -4.62. The number of alkyl halides is 5. The van der Waals surface area contributed by atoms with Crippen LogP contribution in [0.15, 0.2) is 24.3 Å². The zero-order valence-electron chi connectivity index (χ0n) is 15.8. The lowest BCUT2D eigenvalue weighted by Gasteiger charge is -2.14. The van der Waals surface area contributed by atoms with Gasteiger partial charge in [0.2, 0.25) is 0 Å². The van der Waals surface area contributed by atoms with Crippen molar-refractivity contribution in [1.29, 1.82) is 0 Å². The summed E-state index contributed by atoms with van der Waals surface area (Å²) in [6.45, 7) is 0.726. The van der Waals surface area contributed by atoms with Crippen molar-refractivity contribution in [3.8, 4) is 22.8 Å². The van der Waals surface area contributed by atoms with E-state index >= 15 is 0 Å². The quantitative estimate of drug-likeness (QED) is 0.503. The van der Waals surface area contributed by atoms with Crippen LogP contribution in [0, 0.1) is 6.92 Å². The topological polar surface area (TPSA) is 49.2 Å². The highest BCUT2D eigenvalue weighted by atomic mass is 19.4. The number of methoxy groups -OCH3 is 1. The Kier molecular flexibility index (Phi) is 5.63. The van der Waals surface area contributed by atoms with Crippen molar-refractivity contribution in [2.45, 2.75) is 39.6 Å². The normalized spacial score (nSPS) is 12.0. The number of benzene rings is 1. The van der Waals surface area contributed by atoms with Crippen molar-refractivity contribution in [2.24, 2.45) is 0 Å². The molecule has 3 aromatic rings. The fourth-order valence-corrected chi connectivity index (χ4v) is 3.11. The Bertz CT molecular complexity index is 1030. The maximum Gasteiger partial charge on any atom is 0.417 e. The van der Waals surface area contributed by atoms with Crippen LogP contribution in [0.4, 0.5) is 22.0 Å². The van der Waals surface area contributed by atoms with Gasteiger partial charge in [0.05, 0.1) is 29.4 Å². The lowest BCUT2D eigenvalue weighted by atomic mass is 10.0. The zero-order chi connectivity index (χ0) is 21.3. The van der Waals surface area contributed by atoms with E-state index in [1.54, 1.807) is 0 Å². The predicted molar refractivity (Wildman–Crippen MR) is 96.2 cm³/mol. The molecule has 0 saturated carbocycles. The summed E-state index contributed by atoms with van der Waals surface area (Å²) >= 11 is 0. The van der Waals surface area contributed by atoms with E-state index in [1.165, 1.54) is 36.9 Å². The van der Waals surface area contributed by atoms with Gasteiger partial charge >= 0.3 is 12.8 Å². The molecule has 0 aliphatic carbocycles. The summed E-state index contributed by atoms with van der Waals surface area (Å²) in [5, 5.41) is 4.14. The molecule has 2 aromatic heterocycles. The maximum atomic E-state index is 13.7.